The van der Waals surface area contributed by atoms with Gasteiger partial charge in [0.2, 0.25) is 5.89 Å². The first-order valence-corrected chi connectivity index (χ1v) is 7.15. The van der Waals surface area contributed by atoms with Gasteiger partial charge < -0.3 is 14.7 Å². The van der Waals surface area contributed by atoms with Crippen LogP contribution in [-0.2, 0) is 6.42 Å². The summed E-state index contributed by atoms with van der Waals surface area (Å²) in [5, 5.41) is 6.79. The monoisotopic (exact) mass is 286 g/mol. The molecule has 1 aromatic carbocycles. The number of nitrogens with one attached hydrogen (secondary N) is 1. The summed E-state index contributed by atoms with van der Waals surface area (Å²) in [6.45, 7) is 3.82. The zero-order chi connectivity index (χ0) is 14.7. The minimum atomic E-state index is -0.0298. The minimum absolute atomic E-state index is 0.0298. The molecule has 2 heterocycles. The van der Waals surface area contributed by atoms with Crippen LogP contribution in [0.3, 0.4) is 0 Å². The van der Waals surface area contributed by atoms with E-state index in [1.807, 2.05) is 37.3 Å². The topological polar surface area (TPSA) is 71.3 Å². The number of rotatable bonds is 4. The molecule has 1 aliphatic heterocycles. The summed E-state index contributed by atoms with van der Waals surface area (Å²) in [4.78, 5) is 17.8. The van der Waals surface area contributed by atoms with Crippen molar-refractivity contribution in [2.45, 2.75) is 19.3 Å². The zero-order valence-electron chi connectivity index (χ0n) is 12.0. The standard InChI is InChI=1S/C15H18N4O2/c1-2-16-15(20)19-9-12(10-19)14-17-13(18-21-14)8-11-6-4-3-5-7-11/h3-7,12H,2,8-10H2,1H3,(H,16,20). The molecule has 110 valence electrons. The molecule has 0 spiro atoms. The van der Waals surface area contributed by atoms with Crippen LogP contribution in [0.1, 0.15) is 30.1 Å². The van der Waals surface area contributed by atoms with E-state index >= 15 is 0 Å². The van der Waals surface area contributed by atoms with Crippen molar-refractivity contribution in [3.63, 3.8) is 0 Å². The second-order valence-electron chi connectivity index (χ2n) is 5.15. The van der Waals surface area contributed by atoms with Crippen LogP contribution in [0.4, 0.5) is 4.79 Å². The van der Waals surface area contributed by atoms with Crippen molar-refractivity contribution in [2.75, 3.05) is 19.6 Å². The van der Waals surface area contributed by atoms with E-state index in [0.29, 0.717) is 37.8 Å². The molecule has 1 N–H and O–H groups in total. The van der Waals surface area contributed by atoms with Gasteiger partial charge in [-0.3, -0.25) is 0 Å². The van der Waals surface area contributed by atoms with Crippen molar-refractivity contribution < 1.29 is 9.32 Å². The van der Waals surface area contributed by atoms with Gasteiger partial charge in [-0.05, 0) is 12.5 Å². The molecule has 3 rings (SSSR count). The number of urea groups is 1. The van der Waals surface area contributed by atoms with Crippen LogP contribution >= 0.6 is 0 Å². The Balaban J connectivity index is 1.56. The average Bonchev–Trinajstić information content (AvgIpc) is 2.87. The van der Waals surface area contributed by atoms with Crippen molar-refractivity contribution in [1.82, 2.24) is 20.4 Å². The summed E-state index contributed by atoms with van der Waals surface area (Å²) in [6.07, 6.45) is 0.664. The van der Waals surface area contributed by atoms with E-state index in [-0.39, 0.29) is 11.9 Å². The summed E-state index contributed by atoms with van der Waals surface area (Å²) >= 11 is 0. The Morgan fingerprint density at radius 3 is 2.86 bits per heavy atom. The van der Waals surface area contributed by atoms with Crippen LogP contribution in [-0.4, -0.2) is 40.7 Å². The molecule has 2 amide bonds. The smallest absolute Gasteiger partial charge is 0.317 e. The Labute approximate surface area is 123 Å². The van der Waals surface area contributed by atoms with E-state index in [9.17, 15) is 4.79 Å². The summed E-state index contributed by atoms with van der Waals surface area (Å²) in [7, 11) is 0. The highest BCUT2D eigenvalue weighted by atomic mass is 16.5. The molecule has 2 aromatic rings. The Bertz CT molecular complexity index is 605. The molecule has 6 nitrogen and oxygen atoms in total. The first-order valence-electron chi connectivity index (χ1n) is 7.15. The second-order valence-corrected chi connectivity index (χ2v) is 5.15. The van der Waals surface area contributed by atoms with Crippen molar-refractivity contribution >= 4 is 6.03 Å². The maximum absolute atomic E-state index is 11.6. The fraction of sp³-hybridized carbons (Fsp3) is 0.400. The van der Waals surface area contributed by atoms with Crippen LogP contribution in [0.5, 0.6) is 0 Å². The Morgan fingerprint density at radius 1 is 1.38 bits per heavy atom. The van der Waals surface area contributed by atoms with Crippen molar-refractivity contribution in [3.8, 4) is 0 Å². The van der Waals surface area contributed by atoms with Gasteiger partial charge in [-0.15, -0.1) is 0 Å². The number of hydrogen-bond acceptors (Lipinski definition) is 4. The number of amides is 2. The minimum Gasteiger partial charge on any atom is -0.339 e. The molecule has 0 aliphatic carbocycles. The first kappa shape index (κ1) is 13.6. The van der Waals surface area contributed by atoms with Crippen LogP contribution in [0.25, 0.3) is 0 Å². The van der Waals surface area contributed by atoms with E-state index in [1.165, 1.54) is 0 Å². The Kier molecular flexibility index (Phi) is 3.85. The quantitative estimate of drug-likeness (QED) is 0.930. The van der Waals surface area contributed by atoms with Crippen molar-refractivity contribution in [2.24, 2.45) is 0 Å². The predicted molar refractivity (Wildman–Crippen MR) is 76.9 cm³/mol. The van der Waals surface area contributed by atoms with Gasteiger partial charge >= 0.3 is 6.03 Å². The SMILES string of the molecule is CCNC(=O)N1CC(c2nc(Cc3ccccc3)no2)C1. The normalized spacial score (nSPS) is 14.8. The van der Waals surface area contributed by atoms with Gasteiger partial charge in [-0.25, -0.2) is 4.79 Å². The molecule has 1 saturated heterocycles. The number of likely N-dealkylation sites (tertiary alicyclic amines) is 1. The summed E-state index contributed by atoms with van der Waals surface area (Å²) in [6, 6.07) is 10.0. The van der Waals surface area contributed by atoms with Gasteiger partial charge in [-0.2, -0.15) is 4.98 Å². The van der Waals surface area contributed by atoms with Gasteiger partial charge in [0.15, 0.2) is 5.82 Å². The molecule has 1 aromatic heterocycles. The molecular weight excluding hydrogens is 268 g/mol. The number of aromatic nitrogens is 2. The van der Waals surface area contributed by atoms with Crippen LogP contribution in [0.2, 0.25) is 0 Å². The summed E-state index contributed by atoms with van der Waals surface area (Å²) in [5.41, 5.74) is 1.16. The van der Waals surface area contributed by atoms with Crippen molar-refractivity contribution in [3.05, 3.63) is 47.6 Å². The van der Waals surface area contributed by atoms with Gasteiger partial charge in [0, 0.05) is 26.1 Å². The molecule has 0 radical (unpaired) electrons. The van der Waals surface area contributed by atoms with Gasteiger partial charge in [0.25, 0.3) is 0 Å². The summed E-state index contributed by atoms with van der Waals surface area (Å²) in [5.74, 6) is 1.47. The third kappa shape index (κ3) is 3.04. The molecule has 0 atom stereocenters. The molecule has 0 bridgehead atoms. The van der Waals surface area contributed by atoms with E-state index in [2.05, 4.69) is 15.5 Å². The van der Waals surface area contributed by atoms with E-state index in [4.69, 9.17) is 4.52 Å². The van der Waals surface area contributed by atoms with E-state index in [1.54, 1.807) is 4.90 Å². The number of benzene rings is 1. The van der Waals surface area contributed by atoms with Crippen LogP contribution in [0, 0.1) is 0 Å². The average molecular weight is 286 g/mol. The summed E-state index contributed by atoms with van der Waals surface area (Å²) < 4.78 is 5.31. The number of carbonyl (C=O) groups is 1. The highest BCUT2D eigenvalue weighted by molar-refractivity contribution is 5.75. The number of carbonyl (C=O) groups excluding carboxylic acids is 1. The second kappa shape index (κ2) is 5.95. The molecule has 0 unspecified atom stereocenters. The lowest BCUT2D eigenvalue weighted by Gasteiger charge is -2.36. The molecule has 1 aliphatic rings. The van der Waals surface area contributed by atoms with E-state index in [0.717, 1.165) is 5.56 Å². The van der Waals surface area contributed by atoms with Crippen molar-refractivity contribution in [1.29, 1.82) is 0 Å². The molecule has 0 saturated carbocycles. The third-order valence-electron chi connectivity index (χ3n) is 3.53. The highest BCUT2D eigenvalue weighted by Gasteiger charge is 2.35. The lowest BCUT2D eigenvalue weighted by Crippen LogP contribution is -2.52. The third-order valence-corrected chi connectivity index (χ3v) is 3.53. The largest absolute Gasteiger partial charge is 0.339 e. The Morgan fingerprint density at radius 2 is 2.14 bits per heavy atom. The molecular formula is C15H18N4O2. The van der Waals surface area contributed by atoms with Crippen LogP contribution in [0.15, 0.2) is 34.9 Å². The highest BCUT2D eigenvalue weighted by Crippen LogP contribution is 2.25. The fourth-order valence-electron chi connectivity index (χ4n) is 2.35. The maximum atomic E-state index is 11.6. The van der Waals surface area contributed by atoms with Gasteiger partial charge in [0.1, 0.15) is 0 Å². The fourth-order valence-corrected chi connectivity index (χ4v) is 2.35. The molecule has 1 fully saturated rings. The molecule has 6 heteroatoms. The lowest BCUT2D eigenvalue weighted by atomic mass is 10.0. The maximum Gasteiger partial charge on any atom is 0.317 e. The molecule has 21 heavy (non-hydrogen) atoms. The zero-order valence-corrected chi connectivity index (χ0v) is 12.0. The lowest BCUT2D eigenvalue weighted by molar-refractivity contribution is 0.137. The van der Waals surface area contributed by atoms with E-state index < -0.39 is 0 Å². The van der Waals surface area contributed by atoms with Gasteiger partial charge in [-0.1, -0.05) is 35.5 Å². The predicted octanol–water partition coefficient (Wildman–Crippen LogP) is 1.79. The van der Waals surface area contributed by atoms with Crippen LogP contribution < -0.4 is 5.32 Å². The Hall–Kier alpha value is -2.37. The van der Waals surface area contributed by atoms with Gasteiger partial charge in [0.05, 0.1) is 5.92 Å². The number of hydrogen-bond donors (Lipinski definition) is 1. The first-order chi connectivity index (χ1) is 10.3. The number of nitrogens with zero attached hydrogens (tertiary/aromatic N) is 3.